The van der Waals surface area contributed by atoms with Gasteiger partial charge < -0.3 is 25.2 Å². The smallest absolute Gasteiger partial charge is 0.407 e. The van der Waals surface area contributed by atoms with E-state index in [-0.39, 0.29) is 37.4 Å². The van der Waals surface area contributed by atoms with Crippen molar-refractivity contribution in [1.29, 1.82) is 0 Å². The Morgan fingerprint density at radius 2 is 1.46 bits per heavy atom. The number of alkyl carbamates (subject to hydrolysis) is 1. The van der Waals surface area contributed by atoms with Crippen LogP contribution in [0, 0.1) is 5.92 Å². The molecule has 0 saturated heterocycles. The van der Waals surface area contributed by atoms with Gasteiger partial charge in [-0.15, -0.1) is 0 Å². The number of amides is 2. The highest BCUT2D eigenvalue weighted by atomic mass is 16.5. The van der Waals surface area contributed by atoms with Crippen molar-refractivity contribution in [2.75, 3.05) is 13.2 Å². The molecule has 0 aliphatic heterocycles. The van der Waals surface area contributed by atoms with Crippen LogP contribution in [0.4, 0.5) is 4.79 Å². The molecule has 4 rings (SSSR count). The minimum absolute atomic E-state index is 0.00618. The molecule has 0 saturated carbocycles. The number of aliphatic carboxylic acids is 1. The highest BCUT2D eigenvalue weighted by molar-refractivity contribution is 5.84. The highest BCUT2D eigenvalue weighted by Crippen LogP contribution is 2.44. The number of carbonyl (C=O) groups is 3. The number of fused-ring (bicyclic) bond motifs is 3. The molecule has 3 unspecified atom stereocenters. The van der Waals surface area contributed by atoms with Crippen LogP contribution in [0.15, 0.2) is 78.9 Å². The van der Waals surface area contributed by atoms with E-state index in [0.29, 0.717) is 19.4 Å². The van der Waals surface area contributed by atoms with Crippen molar-refractivity contribution in [2.45, 2.75) is 57.8 Å². The van der Waals surface area contributed by atoms with Crippen LogP contribution in [-0.4, -0.2) is 48.4 Å². The zero-order valence-electron chi connectivity index (χ0n) is 23.5. The summed E-state index contributed by atoms with van der Waals surface area (Å²) in [6.45, 7) is 4.57. The number of hydrogen-bond donors (Lipinski definition) is 3. The summed E-state index contributed by atoms with van der Waals surface area (Å²) in [6, 6.07) is 24.7. The van der Waals surface area contributed by atoms with E-state index in [2.05, 4.69) is 34.9 Å². The van der Waals surface area contributed by atoms with Gasteiger partial charge >= 0.3 is 12.1 Å². The molecule has 3 atom stereocenters. The lowest BCUT2D eigenvalue weighted by molar-refractivity contribution is -0.146. The van der Waals surface area contributed by atoms with Crippen LogP contribution in [0.5, 0.6) is 0 Å². The molecule has 3 N–H and O–H groups in total. The molecule has 0 bridgehead atoms. The fourth-order valence-electron chi connectivity index (χ4n) is 5.12. The Bertz CT molecular complexity index is 1280. The van der Waals surface area contributed by atoms with Crippen LogP contribution in [0.1, 0.15) is 55.7 Å². The van der Waals surface area contributed by atoms with Gasteiger partial charge in [0.25, 0.3) is 0 Å². The van der Waals surface area contributed by atoms with E-state index in [1.165, 1.54) is 11.1 Å². The molecule has 3 aromatic rings. The van der Waals surface area contributed by atoms with E-state index in [1.807, 2.05) is 61.5 Å². The standard InChI is InChI=1S/C33H38N2O6/c1-22(16-17-30(36)35-31(32(37)38)23(2)40-20-24-10-4-3-5-11-24)18-19-34-33(39)41-21-29-27-14-8-6-12-25(27)26-13-7-9-15-28(26)29/h3-15,22-23,29,31H,16-21H2,1-2H3,(H,34,39)(H,35,36)(H,37,38). The summed E-state index contributed by atoms with van der Waals surface area (Å²) >= 11 is 0. The largest absolute Gasteiger partial charge is 0.480 e. The third-order valence-electron chi connectivity index (χ3n) is 7.52. The van der Waals surface area contributed by atoms with E-state index in [1.54, 1.807) is 6.92 Å². The van der Waals surface area contributed by atoms with Gasteiger partial charge in [-0.2, -0.15) is 0 Å². The first-order valence-corrected chi connectivity index (χ1v) is 14.1. The van der Waals surface area contributed by atoms with Gasteiger partial charge in [-0.3, -0.25) is 4.79 Å². The van der Waals surface area contributed by atoms with Gasteiger partial charge in [0.1, 0.15) is 6.61 Å². The fraction of sp³-hybridized carbons (Fsp3) is 0.364. The van der Waals surface area contributed by atoms with Crippen molar-refractivity contribution in [1.82, 2.24) is 10.6 Å². The summed E-state index contributed by atoms with van der Waals surface area (Å²) < 4.78 is 11.3. The topological polar surface area (TPSA) is 114 Å². The van der Waals surface area contributed by atoms with E-state index >= 15 is 0 Å². The predicted molar refractivity (Wildman–Crippen MR) is 156 cm³/mol. The lowest BCUT2D eigenvalue weighted by atomic mass is 9.98. The van der Waals surface area contributed by atoms with Crippen molar-refractivity contribution >= 4 is 18.0 Å². The summed E-state index contributed by atoms with van der Waals surface area (Å²) in [6.07, 6.45) is 0.239. The Morgan fingerprint density at radius 1 is 0.854 bits per heavy atom. The van der Waals surface area contributed by atoms with Gasteiger partial charge in [0, 0.05) is 18.9 Å². The molecule has 1 aliphatic rings. The lowest BCUT2D eigenvalue weighted by Crippen LogP contribution is -2.48. The summed E-state index contributed by atoms with van der Waals surface area (Å²) in [5.41, 5.74) is 5.61. The number of carbonyl (C=O) groups excluding carboxylic acids is 2. The molecule has 216 valence electrons. The van der Waals surface area contributed by atoms with Crippen LogP contribution < -0.4 is 10.6 Å². The Hall–Kier alpha value is -4.17. The first-order valence-electron chi connectivity index (χ1n) is 14.1. The van der Waals surface area contributed by atoms with Crippen LogP contribution in [-0.2, 0) is 25.7 Å². The van der Waals surface area contributed by atoms with Crippen LogP contribution in [0.3, 0.4) is 0 Å². The monoisotopic (exact) mass is 558 g/mol. The summed E-state index contributed by atoms with van der Waals surface area (Å²) in [5.74, 6) is -1.33. The van der Waals surface area contributed by atoms with Gasteiger partial charge in [-0.1, -0.05) is 85.8 Å². The Labute approximate surface area is 241 Å². The maximum absolute atomic E-state index is 12.5. The molecular weight excluding hydrogens is 520 g/mol. The van der Waals surface area contributed by atoms with Crippen LogP contribution in [0.2, 0.25) is 0 Å². The van der Waals surface area contributed by atoms with Crippen molar-refractivity contribution in [2.24, 2.45) is 5.92 Å². The molecule has 3 aromatic carbocycles. The zero-order valence-corrected chi connectivity index (χ0v) is 23.5. The zero-order chi connectivity index (χ0) is 29.2. The van der Waals surface area contributed by atoms with Crippen molar-refractivity contribution in [3.05, 3.63) is 95.6 Å². The Morgan fingerprint density at radius 3 is 2.10 bits per heavy atom. The molecule has 0 heterocycles. The third kappa shape index (κ3) is 8.17. The molecule has 8 nitrogen and oxygen atoms in total. The van der Waals surface area contributed by atoms with E-state index < -0.39 is 24.2 Å². The first kappa shape index (κ1) is 29.8. The fourth-order valence-corrected chi connectivity index (χ4v) is 5.12. The number of hydrogen-bond acceptors (Lipinski definition) is 5. The van der Waals surface area contributed by atoms with Gasteiger partial charge in [0.15, 0.2) is 6.04 Å². The average Bonchev–Trinajstić information content (AvgIpc) is 3.30. The molecule has 41 heavy (non-hydrogen) atoms. The molecule has 0 spiro atoms. The molecule has 0 radical (unpaired) electrons. The number of nitrogens with one attached hydrogen (secondary N) is 2. The summed E-state index contributed by atoms with van der Waals surface area (Å²) in [4.78, 5) is 36.6. The summed E-state index contributed by atoms with van der Waals surface area (Å²) in [7, 11) is 0. The average molecular weight is 559 g/mol. The second-order valence-electron chi connectivity index (χ2n) is 10.6. The highest BCUT2D eigenvalue weighted by Gasteiger charge is 2.29. The SMILES string of the molecule is CC(CCNC(=O)OCC1c2ccccc2-c2ccccc21)CCC(=O)NC(C(=O)O)C(C)OCc1ccccc1. The van der Waals surface area contributed by atoms with Crippen molar-refractivity contribution < 1.29 is 29.0 Å². The Balaban J connectivity index is 1.14. The summed E-state index contributed by atoms with van der Waals surface area (Å²) in [5, 5.41) is 15.0. The van der Waals surface area contributed by atoms with Crippen molar-refractivity contribution in [3.63, 3.8) is 0 Å². The maximum atomic E-state index is 12.5. The molecule has 8 heteroatoms. The minimum atomic E-state index is -1.14. The number of benzene rings is 3. The van der Waals surface area contributed by atoms with Gasteiger partial charge in [0.05, 0.1) is 12.7 Å². The maximum Gasteiger partial charge on any atom is 0.407 e. The van der Waals surface area contributed by atoms with Gasteiger partial charge in [-0.25, -0.2) is 9.59 Å². The number of carboxylic acids is 1. The molecule has 0 fully saturated rings. The Kier molecular flexibility index (Phi) is 10.5. The van der Waals surface area contributed by atoms with E-state index in [9.17, 15) is 19.5 Å². The number of ether oxygens (including phenoxy) is 2. The number of rotatable bonds is 14. The quantitative estimate of drug-likeness (QED) is 0.241. The first-order chi connectivity index (χ1) is 19.8. The van der Waals surface area contributed by atoms with Crippen LogP contribution in [0.25, 0.3) is 11.1 Å². The van der Waals surface area contributed by atoms with Gasteiger partial charge in [-0.05, 0) is 53.5 Å². The predicted octanol–water partition coefficient (Wildman–Crippen LogP) is 5.51. The van der Waals surface area contributed by atoms with Crippen molar-refractivity contribution in [3.8, 4) is 11.1 Å². The normalized spacial score (nSPS) is 14.3. The third-order valence-corrected chi connectivity index (χ3v) is 7.52. The number of carboxylic acid groups (broad SMARTS) is 1. The van der Waals surface area contributed by atoms with Gasteiger partial charge in [0.2, 0.25) is 5.91 Å². The lowest BCUT2D eigenvalue weighted by Gasteiger charge is -2.22. The van der Waals surface area contributed by atoms with E-state index in [0.717, 1.165) is 16.7 Å². The molecular formula is C33H38N2O6. The molecule has 2 amide bonds. The minimum Gasteiger partial charge on any atom is -0.480 e. The second kappa shape index (κ2) is 14.5. The molecule has 0 aromatic heterocycles. The molecule has 1 aliphatic carbocycles. The second-order valence-corrected chi connectivity index (χ2v) is 10.6. The van der Waals surface area contributed by atoms with E-state index in [4.69, 9.17) is 9.47 Å². The van der Waals surface area contributed by atoms with Crippen LogP contribution >= 0.6 is 0 Å².